The number of thiophene rings is 1. The molecule has 1 unspecified atom stereocenters. The van der Waals surface area contributed by atoms with Gasteiger partial charge in [0.2, 0.25) is 0 Å². The van der Waals surface area contributed by atoms with Crippen LogP contribution in [0.5, 0.6) is 5.75 Å². The number of Topliss-reactive ketones (excluding diaryl/α,β-unsaturated/α-hetero) is 1. The molecule has 0 bridgehead atoms. The highest BCUT2D eigenvalue weighted by molar-refractivity contribution is 7.10. The molecule has 1 N–H and O–H groups in total. The highest BCUT2D eigenvalue weighted by atomic mass is 35.5. The number of aliphatic hydroxyl groups is 1. The quantitative estimate of drug-likeness (QED) is 0.364. The molecule has 0 radical (unpaired) electrons. The summed E-state index contributed by atoms with van der Waals surface area (Å²) in [5, 5.41) is 13.3. The van der Waals surface area contributed by atoms with Gasteiger partial charge in [-0.2, -0.15) is 0 Å². The van der Waals surface area contributed by atoms with Crippen molar-refractivity contribution in [3.63, 3.8) is 0 Å². The van der Waals surface area contributed by atoms with Crippen molar-refractivity contribution in [3.05, 3.63) is 56.2 Å². The largest absolute Gasteiger partial charge is 0.507 e. The lowest BCUT2D eigenvalue weighted by molar-refractivity contribution is -0.139. The number of unbranched alkanes of at least 4 members (excludes halogenated alkanes) is 1. The van der Waals surface area contributed by atoms with Crippen LogP contribution in [0.2, 0.25) is 5.02 Å². The summed E-state index contributed by atoms with van der Waals surface area (Å²) >= 11 is 7.79. The van der Waals surface area contributed by atoms with Crippen molar-refractivity contribution in [2.45, 2.75) is 39.7 Å². The summed E-state index contributed by atoms with van der Waals surface area (Å²) in [6.07, 6.45) is 1.66. The number of carbonyl (C=O) groups is 2. The first-order chi connectivity index (χ1) is 13.9. The van der Waals surface area contributed by atoms with Crippen LogP contribution < -0.4 is 4.74 Å². The average Bonchev–Trinajstić information content (AvgIpc) is 3.22. The van der Waals surface area contributed by atoms with E-state index in [1.54, 1.807) is 23.1 Å². The number of ketones is 1. The minimum atomic E-state index is -0.686. The Kier molecular flexibility index (Phi) is 6.65. The lowest BCUT2D eigenvalue weighted by atomic mass is 9.98. The Morgan fingerprint density at radius 3 is 2.66 bits per heavy atom. The van der Waals surface area contributed by atoms with Crippen molar-refractivity contribution in [1.29, 1.82) is 0 Å². The molecule has 0 spiro atoms. The minimum absolute atomic E-state index is 0.0761. The zero-order chi connectivity index (χ0) is 21.1. The van der Waals surface area contributed by atoms with E-state index in [-0.39, 0.29) is 21.9 Å². The Labute approximate surface area is 179 Å². The fourth-order valence-corrected chi connectivity index (χ4v) is 4.72. The van der Waals surface area contributed by atoms with Gasteiger partial charge in [0.15, 0.2) is 0 Å². The number of halogens is 1. The van der Waals surface area contributed by atoms with Crippen molar-refractivity contribution in [2.75, 3.05) is 13.2 Å². The first-order valence-corrected chi connectivity index (χ1v) is 10.9. The molecule has 1 atom stereocenters. The zero-order valence-corrected chi connectivity index (χ0v) is 18.3. The summed E-state index contributed by atoms with van der Waals surface area (Å²) < 4.78 is 5.50. The van der Waals surface area contributed by atoms with E-state index in [1.165, 1.54) is 11.3 Å². The van der Waals surface area contributed by atoms with E-state index >= 15 is 0 Å². The molecule has 29 heavy (non-hydrogen) atoms. The molecule has 1 aromatic heterocycles. The second kappa shape index (κ2) is 9.01. The molecule has 1 aliphatic rings. The lowest BCUT2D eigenvalue weighted by Gasteiger charge is -2.24. The maximum Gasteiger partial charge on any atom is 0.295 e. The third-order valence-corrected chi connectivity index (χ3v) is 6.35. The summed E-state index contributed by atoms with van der Waals surface area (Å²) in [5.41, 5.74) is 1.33. The maximum absolute atomic E-state index is 13.0. The molecule has 2 heterocycles. The van der Waals surface area contributed by atoms with Crippen molar-refractivity contribution in [3.8, 4) is 5.75 Å². The van der Waals surface area contributed by atoms with Crippen LogP contribution in [0, 0.1) is 6.92 Å². The van der Waals surface area contributed by atoms with E-state index in [1.807, 2.05) is 32.2 Å². The normalized spacial score (nSPS) is 18.5. The summed E-state index contributed by atoms with van der Waals surface area (Å²) in [6.45, 7) is 6.73. The molecular weight excluding hydrogens is 410 g/mol. The number of carbonyl (C=O) groups excluding carboxylic acids is 2. The summed E-state index contributed by atoms with van der Waals surface area (Å²) in [6, 6.07) is 6.24. The predicted octanol–water partition coefficient (Wildman–Crippen LogP) is 5.33. The second-order valence-corrected chi connectivity index (χ2v) is 8.24. The van der Waals surface area contributed by atoms with Crippen LogP contribution in [0.3, 0.4) is 0 Å². The Balaban J connectivity index is 2.19. The van der Waals surface area contributed by atoms with Crippen molar-refractivity contribution < 1.29 is 19.4 Å². The third kappa shape index (κ3) is 4.05. The monoisotopic (exact) mass is 433 g/mol. The van der Waals surface area contributed by atoms with E-state index in [9.17, 15) is 14.7 Å². The van der Waals surface area contributed by atoms with E-state index in [0.29, 0.717) is 18.9 Å². The molecule has 2 aromatic rings. The van der Waals surface area contributed by atoms with Crippen molar-refractivity contribution in [2.24, 2.45) is 0 Å². The summed E-state index contributed by atoms with van der Waals surface area (Å²) in [7, 11) is 0. The van der Waals surface area contributed by atoms with E-state index < -0.39 is 17.7 Å². The molecule has 5 nitrogen and oxygen atoms in total. The molecule has 1 saturated heterocycles. The van der Waals surface area contributed by atoms with Gasteiger partial charge < -0.3 is 14.7 Å². The van der Waals surface area contributed by atoms with Crippen LogP contribution in [-0.2, 0) is 9.59 Å². The van der Waals surface area contributed by atoms with Gasteiger partial charge in [-0.25, -0.2) is 0 Å². The average molecular weight is 434 g/mol. The van der Waals surface area contributed by atoms with Crippen LogP contribution in [0.1, 0.15) is 48.7 Å². The first kappa shape index (κ1) is 21.4. The van der Waals surface area contributed by atoms with Gasteiger partial charge in [-0.05, 0) is 55.5 Å². The Morgan fingerprint density at radius 2 is 2.03 bits per heavy atom. The second-order valence-electron chi connectivity index (χ2n) is 6.89. The van der Waals surface area contributed by atoms with Crippen LogP contribution >= 0.6 is 22.9 Å². The molecule has 1 aromatic carbocycles. The van der Waals surface area contributed by atoms with Gasteiger partial charge in [0, 0.05) is 17.0 Å². The Hall–Kier alpha value is -2.31. The van der Waals surface area contributed by atoms with E-state index in [0.717, 1.165) is 23.3 Å². The molecule has 1 aliphatic heterocycles. The SMILES string of the molecule is CCCCN1C(=O)C(=O)/C(=C(/O)c2cc(OCC)ccc2Cl)C1c1sccc1C. The maximum atomic E-state index is 13.0. The van der Waals surface area contributed by atoms with E-state index in [2.05, 4.69) is 0 Å². The number of aliphatic hydroxyl groups excluding tert-OH is 1. The van der Waals surface area contributed by atoms with Gasteiger partial charge in [-0.1, -0.05) is 24.9 Å². The number of rotatable bonds is 7. The fraction of sp³-hybridized carbons (Fsp3) is 0.364. The smallest absolute Gasteiger partial charge is 0.295 e. The number of ether oxygens (including phenoxy) is 1. The lowest BCUT2D eigenvalue weighted by Crippen LogP contribution is -2.30. The molecule has 3 rings (SSSR count). The van der Waals surface area contributed by atoms with Crippen LogP contribution in [0.15, 0.2) is 35.2 Å². The minimum Gasteiger partial charge on any atom is -0.507 e. The molecule has 7 heteroatoms. The van der Waals surface area contributed by atoms with Crippen LogP contribution in [0.25, 0.3) is 5.76 Å². The Bertz CT molecular complexity index is 965. The highest BCUT2D eigenvalue weighted by Crippen LogP contribution is 2.43. The van der Waals surface area contributed by atoms with Crippen molar-refractivity contribution >= 4 is 40.4 Å². The first-order valence-electron chi connectivity index (χ1n) is 9.65. The van der Waals surface area contributed by atoms with Gasteiger partial charge >= 0.3 is 0 Å². The van der Waals surface area contributed by atoms with Gasteiger partial charge in [0.25, 0.3) is 11.7 Å². The van der Waals surface area contributed by atoms with E-state index in [4.69, 9.17) is 16.3 Å². The molecule has 0 saturated carbocycles. The molecular formula is C22H24ClNO4S. The molecule has 154 valence electrons. The van der Waals surface area contributed by atoms with Crippen LogP contribution in [0.4, 0.5) is 0 Å². The van der Waals surface area contributed by atoms with Gasteiger partial charge in [0.1, 0.15) is 11.5 Å². The molecule has 1 amide bonds. The predicted molar refractivity (Wildman–Crippen MR) is 116 cm³/mol. The number of aryl methyl sites for hydroxylation is 1. The number of hydrogen-bond donors (Lipinski definition) is 1. The Morgan fingerprint density at radius 1 is 1.28 bits per heavy atom. The summed E-state index contributed by atoms with van der Waals surface area (Å²) in [5.74, 6) is -1.02. The van der Waals surface area contributed by atoms with Crippen molar-refractivity contribution in [1.82, 2.24) is 4.90 Å². The summed E-state index contributed by atoms with van der Waals surface area (Å²) in [4.78, 5) is 28.2. The fourth-order valence-electron chi connectivity index (χ4n) is 3.46. The number of amides is 1. The number of likely N-dealkylation sites (tertiary alicyclic amines) is 1. The standard InChI is InChI=1S/C22H24ClNO4S/c1-4-6-10-24-18(21-13(3)9-11-29-21)17(20(26)22(24)27)19(25)15-12-14(28-5-2)7-8-16(15)23/h7-9,11-12,18,25H,4-6,10H2,1-3H3/b19-17+. The third-order valence-electron chi connectivity index (χ3n) is 4.95. The number of nitrogens with zero attached hydrogens (tertiary/aromatic N) is 1. The van der Waals surface area contributed by atoms with Gasteiger partial charge in [0.05, 0.1) is 23.2 Å². The zero-order valence-electron chi connectivity index (χ0n) is 16.7. The molecule has 0 aliphatic carbocycles. The van der Waals surface area contributed by atoms with Crippen LogP contribution in [-0.4, -0.2) is 34.8 Å². The molecule has 1 fully saturated rings. The number of benzene rings is 1. The topological polar surface area (TPSA) is 66.8 Å². The highest BCUT2D eigenvalue weighted by Gasteiger charge is 2.46. The van der Waals surface area contributed by atoms with Gasteiger partial charge in [-0.3, -0.25) is 9.59 Å². The van der Waals surface area contributed by atoms with Gasteiger partial charge in [-0.15, -0.1) is 11.3 Å². The number of hydrogen-bond acceptors (Lipinski definition) is 5.